The molecule has 2 unspecified atom stereocenters. The number of hydrogen-bond acceptors (Lipinski definition) is 0. The molecule has 0 saturated carbocycles. The van der Waals surface area contributed by atoms with Crippen LogP contribution in [0.25, 0.3) is 0 Å². The average Bonchev–Trinajstić information content (AvgIpc) is 2.58. The third-order valence-corrected chi connectivity index (χ3v) is 3.67. The van der Waals surface area contributed by atoms with Crippen LogP contribution in [0.4, 0.5) is 0 Å². The van der Waals surface area contributed by atoms with E-state index in [4.69, 9.17) is 0 Å². The van der Waals surface area contributed by atoms with Crippen molar-refractivity contribution in [2.75, 3.05) is 0 Å². The van der Waals surface area contributed by atoms with E-state index < -0.39 is 0 Å². The van der Waals surface area contributed by atoms with Crippen LogP contribution in [0.1, 0.15) is 11.1 Å². The van der Waals surface area contributed by atoms with Crippen LogP contribution in [-0.4, -0.2) is 0 Å². The fourth-order valence-corrected chi connectivity index (χ4v) is 2.10. The third-order valence-electron chi connectivity index (χ3n) is 2.82. The van der Waals surface area contributed by atoms with Crippen LogP contribution in [0.2, 0.25) is 0 Å². The quantitative estimate of drug-likeness (QED) is 0.536. The van der Waals surface area contributed by atoms with E-state index in [0.29, 0.717) is 0 Å². The summed E-state index contributed by atoms with van der Waals surface area (Å²) in [6, 6.07) is 30.8. The average molecular weight is 326 g/mol. The largest absolute Gasteiger partial charge is 0.133 e. The maximum absolute atomic E-state index is 2.69. The van der Waals surface area contributed by atoms with Crippen LogP contribution in [-0.2, 0) is 6.16 Å². The molecule has 0 radical (unpaired) electrons. The van der Waals surface area contributed by atoms with E-state index in [1.165, 1.54) is 16.4 Å². The summed E-state index contributed by atoms with van der Waals surface area (Å²) < 4.78 is 0. The number of hydrogen-bond donors (Lipinski definition) is 0. The Kier molecular flexibility index (Phi) is 10.2. The molecule has 3 aromatic carbocycles. The molecule has 22 heavy (non-hydrogen) atoms. The second-order valence-corrected chi connectivity index (χ2v) is 5.83. The molecule has 0 N–H and O–H groups in total. The van der Waals surface area contributed by atoms with Crippen molar-refractivity contribution in [2.24, 2.45) is 0 Å². The van der Waals surface area contributed by atoms with E-state index >= 15 is 0 Å². The number of rotatable bonds is 1. The lowest BCUT2D eigenvalue weighted by molar-refractivity contribution is 1.42. The SMILES string of the molecule is Cc1ccccc1.PCc1ccccc1.Pc1ccccc1. The lowest BCUT2D eigenvalue weighted by atomic mass is 10.2. The maximum Gasteiger partial charge on any atom is -0.0128 e. The van der Waals surface area contributed by atoms with Gasteiger partial charge >= 0.3 is 0 Å². The Morgan fingerprint density at radius 3 is 1.27 bits per heavy atom. The van der Waals surface area contributed by atoms with Crippen molar-refractivity contribution in [3.63, 3.8) is 0 Å². The summed E-state index contributed by atoms with van der Waals surface area (Å²) >= 11 is 0. The molecule has 0 bridgehead atoms. The molecular weight excluding hydrogens is 302 g/mol. The van der Waals surface area contributed by atoms with Crippen molar-refractivity contribution in [2.45, 2.75) is 13.1 Å². The summed E-state index contributed by atoms with van der Waals surface area (Å²) in [4.78, 5) is 0. The zero-order chi connectivity index (χ0) is 16.0. The van der Waals surface area contributed by atoms with Crippen molar-refractivity contribution in [3.8, 4) is 0 Å². The van der Waals surface area contributed by atoms with Crippen LogP contribution in [0.3, 0.4) is 0 Å². The van der Waals surface area contributed by atoms with Crippen molar-refractivity contribution < 1.29 is 0 Å². The first-order valence-corrected chi connectivity index (χ1v) is 8.68. The zero-order valence-corrected chi connectivity index (χ0v) is 15.3. The van der Waals surface area contributed by atoms with Gasteiger partial charge in [0.05, 0.1) is 0 Å². The van der Waals surface area contributed by atoms with Gasteiger partial charge in [-0.2, -0.15) is 0 Å². The van der Waals surface area contributed by atoms with Gasteiger partial charge in [-0.1, -0.05) is 96.6 Å². The van der Waals surface area contributed by atoms with E-state index in [1.54, 1.807) is 0 Å². The second-order valence-electron chi connectivity index (χ2n) is 4.76. The Bertz CT molecular complexity index is 555. The Morgan fingerprint density at radius 2 is 1.05 bits per heavy atom. The first kappa shape index (κ1) is 18.6. The Morgan fingerprint density at radius 1 is 0.636 bits per heavy atom. The number of benzene rings is 3. The molecule has 0 aliphatic rings. The minimum Gasteiger partial charge on any atom is -0.133 e. The molecule has 0 saturated heterocycles. The van der Waals surface area contributed by atoms with Gasteiger partial charge in [-0.15, -0.1) is 18.5 Å². The monoisotopic (exact) mass is 326 g/mol. The molecule has 3 aromatic rings. The minimum atomic E-state index is 1.06. The van der Waals surface area contributed by atoms with Crippen molar-refractivity contribution in [1.82, 2.24) is 0 Å². The molecule has 0 spiro atoms. The standard InChI is InChI=1S/C7H9P.C7H8.C6H7P/c8-6-7-4-2-1-3-5-7;1-7-5-3-2-4-6-7;7-6-4-2-1-3-5-6/h1-5H,6,8H2;2-6H,1H3;1-5H,7H2. The molecule has 2 heteroatoms. The highest BCUT2D eigenvalue weighted by molar-refractivity contribution is 7.27. The van der Waals surface area contributed by atoms with Gasteiger partial charge in [-0.05, 0) is 24.0 Å². The van der Waals surface area contributed by atoms with E-state index in [9.17, 15) is 0 Å². The molecule has 0 fully saturated rings. The van der Waals surface area contributed by atoms with Crippen molar-refractivity contribution >= 4 is 23.8 Å². The molecule has 0 aliphatic heterocycles. The van der Waals surface area contributed by atoms with Gasteiger partial charge in [-0.3, -0.25) is 0 Å². The maximum atomic E-state index is 2.69. The summed E-state index contributed by atoms with van der Waals surface area (Å²) in [5, 5.41) is 1.24. The molecule has 3 rings (SSSR count). The summed E-state index contributed by atoms with van der Waals surface area (Å²) in [6.45, 7) is 2.08. The van der Waals surface area contributed by atoms with Gasteiger partial charge in [0.2, 0.25) is 0 Å². The molecule has 0 heterocycles. The molecule has 2 atom stereocenters. The zero-order valence-electron chi connectivity index (χ0n) is 13.0. The lowest BCUT2D eigenvalue weighted by Crippen LogP contribution is -1.82. The first-order chi connectivity index (χ1) is 10.7. The van der Waals surface area contributed by atoms with Crippen LogP contribution < -0.4 is 5.30 Å². The Hall–Kier alpha value is -1.48. The summed E-state index contributed by atoms with van der Waals surface area (Å²) in [5.41, 5.74) is 2.69. The molecule has 0 aliphatic carbocycles. The van der Waals surface area contributed by atoms with Gasteiger partial charge < -0.3 is 0 Å². The Balaban J connectivity index is 0.000000166. The predicted octanol–water partition coefficient (Wildman–Crippen LogP) is 5.24. The van der Waals surface area contributed by atoms with Gasteiger partial charge in [0.15, 0.2) is 0 Å². The van der Waals surface area contributed by atoms with Gasteiger partial charge in [0, 0.05) is 0 Å². The highest BCUT2D eigenvalue weighted by atomic mass is 31.0. The van der Waals surface area contributed by atoms with Gasteiger partial charge in [0.1, 0.15) is 0 Å². The van der Waals surface area contributed by atoms with E-state index in [2.05, 4.69) is 61.8 Å². The summed E-state index contributed by atoms with van der Waals surface area (Å²) in [5.74, 6) is 0. The predicted molar refractivity (Wildman–Crippen MR) is 107 cm³/mol. The molecule has 0 nitrogen and oxygen atoms in total. The smallest absolute Gasteiger partial charge is 0.0128 e. The van der Waals surface area contributed by atoms with Crippen LogP contribution >= 0.6 is 18.5 Å². The first-order valence-electron chi connectivity index (χ1n) is 7.28. The van der Waals surface area contributed by atoms with E-state index in [-0.39, 0.29) is 0 Å². The number of aryl methyl sites for hydroxylation is 1. The highest BCUT2D eigenvalue weighted by Gasteiger charge is 1.80. The summed E-state index contributed by atoms with van der Waals surface area (Å²) in [7, 11) is 5.32. The highest BCUT2D eigenvalue weighted by Crippen LogP contribution is 2.02. The normalized spacial score (nSPS) is 8.86. The molecular formula is C20H24P2. The molecule has 0 aromatic heterocycles. The fourth-order valence-electron chi connectivity index (χ4n) is 1.60. The molecule has 114 valence electrons. The molecule has 0 amide bonds. The van der Waals surface area contributed by atoms with Crippen LogP contribution in [0.15, 0.2) is 91.0 Å². The van der Waals surface area contributed by atoms with Crippen molar-refractivity contribution in [3.05, 3.63) is 102 Å². The second kappa shape index (κ2) is 12.1. The van der Waals surface area contributed by atoms with Gasteiger partial charge in [0.25, 0.3) is 0 Å². The summed E-state index contributed by atoms with van der Waals surface area (Å²) in [6.07, 6.45) is 1.06. The lowest BCUT2D eigenvalue weighted by Gasteiger charge is -1.89. The minimum absolute atomic E-state index is 1.06. The Labute approximate surface area is 139 Å². The fraction of sp³-hybridized carbons (Fsp3) is 0.100. The van der Waals surface area contributed by atoms with Crippen LogP contribution in [0.5, 0.6) is 0 Å². The van der Waals surface area contributed by atoms with Gasteiger partial charge in [-0.25, -0.2) is 0 Å². The van der Waals surface area contributed by atoms with Crippen LogP contribution in [0, 0.1) is 6.92 Å². The van der Waals surface area contributed by atoms with E-state index in [1.807, 2.05) is 54.6 Å². The van der Waals surface area contributed by atoms with Crippen molar-refractivity contribution in [1.29, 1.82) is 0 Å². The van der Waals surface area contributed by atoms with E-state index in [0.717, 1.165) is 6.16 Å². The topological polar surface area (TPSA) is 0 Å². The third kappa shape index (κ3) is 9.46.